The van der Waals surface area contributed by atoms with Crippen molar-refractivity contribution in [2.75, 3.05) is 18.0 Å². The smallest absolute Gasteiger partial charge is 0.309 e. The van der Waals surface area contributed by atoms with Gasteiger partial charge >= 0.3 is 5.97 Å². The number of fused-ring (bicyclic) bond motifs is 1. The van der Waals surface area contributed by atoms with Crippen molar-refractivity contribution in [3.05, 3.63) is 29.3 Å². The van der Waals surface area contributed by atoms with E-state index in [1.54, 1.807) is 39.0 Å². The molecule has 182 valence electrons. The standard InChI is InChI=1S/C24H29N3O7/c1-23(2,3)34-18(29)13-24(33)9-11-26(12-10-24)15-6-4-5-14-19(15)22(32)27(21(14)31)16-7-8-17(28)25-20(16)30/h4-6,16,33H,7-13H2,1-3H3,(H,25,28,30). The van der Waals surface area contributed by atoms with Crippen molar-refractivity contribution in [3.63, 3.8) is 0 Å². The summed E-state index contributed by atoms with van der Waals surface area (Å²) in [5.41, 5.74) is -0.878. The van der Waals surface area contributed by atoms with Crippen LogP contribution in [0.2, 0.25) is 0 Å². The number of carbonyl (C=O) groups is 5. The van der Waals surface area contributed by atoms with Gasteiger partial charge in [-0.3, -0.25) is 34.2 Å². The Hall–Kier alpha value is -3.27. The summed E-state index contributed by atoms with van der Waals surface area (Å²) in [6.45, 7) is 6.04. The van der Waals surface area contributed by atoms with E-state index in [0.29, 0.717) is 18.8 Å². The number of rotatable bonds is 4. The van der Waals surface area contributed by atoms with Crippen LogP contribution in [0, 0.1) is 0 Å². The second kappa shape index (κ2) is 8.50. The molecule has 1 aromatic rings. The van der Waals surface area contributed by atoms with E-state index >= 15 is 0 Å². The second-order valence-corrected chi connectivity index (χ2v) is 10.1. The van der Waals surface area contributed by atoms with Gasteiger partial charge in [0.05, 0.1) is 28.8 Å². The lowest BCUT2D eigenvalue weighted by Gasteiger charge is -2.39. The van der Waals surface area contributed by atoms with Gasteiger partial charge in [0.2, 0.25) is 11.8 Å². The van der Waals surface area contributed by atoms with Crippen molar-refractivity contribution in [1.29, 1.82) is 0 Å². The first-order valence-electron chi connectivity index (χ1n) is 11.4. The summed E-state index contributed by atoms with van der Waals surface area (Å²) < 4.78 is 5.33. The molecule has 1 unspecified atom stereocenters. The van der Waals surface area contributed by atoms with Crippen molar-refractivity contribution >= 4 is 35.3 Å². The Morgan fingerprint density at radius 2 is 1.82 bits per heavy atom. The lowest BCUT2D eigenvalue weighted by molar-refractivity contribution is -0.161. The molecule has 4 amide bonds. The molecule has 2 N–H and O–H groups in total. The van der Waals surface area contributed by atoms with E-state index in [9.17, 15) is 29.1 Å². The number of imide groups is 2. The molecule has 1 aromatic carbocycles. The number of carbonyl (C=O) groups excluding carboxylic acids is 5. The maximum Gasteiger partial charge on any atom is 0.309 e. The van der Waals surface area contributed by atoms with Gasteiger partial charge in [-0.1, -0.05) is 6.07 Å². The van der Waals surface area contributed by atoms with Crippen LogP contribution in [0.3, 0.4) is 0 Å². The quantitative estimate of drug-likeness (QED) is 0.494. The zero-order chi connectivity index (χ0) is 24.8. The fourth-order valence-electron chi connectivity index (χ4n) is 4.75. The van der Waals surface area contributed by atoms with Gasteiger partial charge in [0.15, 0.2) is 0 Å². The van der Waals surface area contributed by atoms with Gasteiger partial charge in [-0.2, -0.15) is 0 Å². The fraction of sp³-hybridized carbons (Fsp3) is 0.542. The highest BCUT2D eigenvalue weighted by molar-refractivity contribution is 6.25. The van der Waals surface area contributed by atoms with Crippen LogP contribution in [0.25, 0.3) is 0 Å². The minimum atomic E-state index is -1.21. The number of anilines is 1. The van der Waals surface area contributed by atoms with Crippen LogP contribution in [0.4, 0.5) is 5.69 Å². The molecular formula is C24H29N3O7. The summed E-state index contributed by atoms with van der Waals surface area (Å²) in [6, 6.07) is 3.93. The van der Waals surface area contributed by atoms with Gasteiger partial charge in [0.1, 0.15) is 11.6 Å². The average Bonchev–Trinajstić information content (AvgIpc) is 2.98. The van der Waals surface area contributed by atoms with E-state index in [1.807, 2.05) is 4.90 Å². The topological polar surface area (TPSA) is 133 Å². The van der Waals surface area contributed by atoms with Crippen molar-refractivity contribution in [3.8, 4) is 0 Å². The number of ether oxygens (including phenoxy) is 1. The minimum absolute atomic E-state index is 0.0546. The van der Waals surface area contributed by atoms with E-state index < -0.39 is 46.8 Å². The third-order valence-electron chi connectivity index (χ3n) is 6.37. The molecular weight excluding hydrogens is 442 g/mol. The number of nitrogens with zero attached hydrogens (tertiary/aromatic N) is 2. The van der Waals surface area contributed by atoms with E-state index in [4.69, 9.17) is 4.74 Å². The number of piperidine rings is 2. The highest BCUT2D eigenvalue weighted by Crippen LogP contribution is 2.37. The van der Waals surface area contributed by atoms with Crippen molar-refractivity contribution < 1.29 is 33.8 Å². The Bertz CT molecular complexity index is 1070. The van der Waals surface area contributed by atoms with Gasteiger partial charge in [0, 0.05) is 19.5 Å². The van der Waals surface area contributed by atoms with Crippen LogP contribution in [0.15, 0.2) is 18.2 Å². The summed E-state index contributed by atoms with van der Waals surface area (Å²) in [7, 11) is 0. The molecule has 34 heavy (non-hydrogen) atoms. The predicted molar refractivity (Wildman–Crippen MR) is 120 cm³/mol. The van der Waals surface area contributed by atoms with Crippen LogP contribution in [0.1, 0.15) is 73.6 Å². The Balaban J connectivity index is 1.50. The number of hydrogen-bond acceptors (Lipinski definition) is 8. The molecule has 0 radical (unpaired) electrons. The van der Waals surface area contributed by atoms with Crippen molar-refractivity contribution in [1.82, 2.24) is 10.2 Å². The minimum Gasteiger partial charge on any atom is -0.460 e. The fourth-order valence-corrected chi connectivity index (χ4v) is 4.75. The number of amides is 4. The average molecular weight is 472 g/mol. The maximum atomic E-state index is 13.3. The molecule has 0 aliphatic carbocycles. The Morgan fingerprint density at radius 3 is 2.44 bits per heavy atom. The lowest BCUT2D eigenvalue weighted by Crippen LogP contribution is -2.54. The molecule has 3 aliphatic heterocycles. The summed E-state index contributed by atoms with van der Waals surface area (Å²) in [5, 5.41) is 13.1. The molecule has 2 saturated heterocycles. The summed E-state index contributed by atoms with van der Waals surface area (Å²) in [4.78, 5) is 65.2. The summed E-state index contributed by atoms with van der Waals surface area (Å²) in [6.07, 6.45) is 0.599. The molecule has 10 heteroatoms. The monoisotopic (exact) mass is 471 g/mol. The molecule has 1 atom stereocenters. The Morgan fingerprint density at radius 1 is 1.15 bits per heavy atom. The van der Waals surface area contributed by atoms with Crippen LogP contribution < -0.4 is 10.2 Å². The molecule has 3 heterocycles. The summed E-state index contributed by atoms with van der Waals surface area (Å²) in [5.74, 6) is -2.68. The highest BCUT2D eigenvalue weighted by atomic mass is 16.6. The molecule has 0 bridgehead atoms. The first-order chi connectivity index (χ1) is 15.9. The molecule has 2 fully saturated rings. The molecule has 0 saturated carbocycles. The Labute approximate surface area is 197 Å². The van der Waals surface area contributed by atoms with Gasteiger partial charge in [0.25, 0.3) is 11.8 Å². The lowest BCUT2D eigenvalue weighted by atomic mass is 9.87. The third-order valence-corrected chi connectivity index (χ3v) is 6.37. The van der Waals surface area contributed by atoms with Crippen LogP contribution >= 0.6 is 0 Å². The number of esters is 1. The zero-order valence-corrected chi connectivity index (χ0v) is 19.6. The number of nitrogens with one attached hydrogen (secondary N) is 1. The van der Waals surface area contributed by atoms with Crippen molar-refractivity contribution in [2.45, 2.75) is 70.1 Å². The van der Waals surface area contributed by atoms with Crippen molar-refractivity contribution in [2.24, 2.45) is 0 Å². The number of hydrogen-bond donors (Lipinski definition) is 2. The first kappa shape index (κ1) is 23.9. The zero-order valence-electron chi connectivity index (χ0n) is 19.6. The van der Waals surface area contributed by atoms with E-state index in [0.717, 1.165) is 4.90 Å². The van der Waals surface area contributed by atoms with Crippen LogP contribution in [-0.4, -0.2) is 69.9 Å². The van der Waals surface area contributed by atoms with Gasteiger partial charge in [-0.05, 0) is 52.2 Å². The normalized spacial score (nSPS) is 22.5. The number of aliphatic hydroxyl groups is 1. The molecule has 0 aromatic heterocycles. The van der Waals surface area contributed by atoms with E-state index in [2.05, 4.69) is 5.32 Å². The Kier molecular flexibility index (Phi) is 5.97. The molecule has 4 rings (SSSR count). The molecule has 0 spiro atoms. The van der Waals surface area contributed by atoms with E-state index in [-0.39, 0.29) is 43.2 Å². The van der Waals surface area contributed by atoms with Gasteiger partial charge < -0.3 is 14.7 Å². The summed E-state index contributed by atoms with van der Waals surface area (Å²) >= 11 is 0. The maximum absolute atomic E-state index is 13.3. The first-order valence-corrected chi connectivity index (χ1v) is 11.4. The van der Waals surface area contributed by atoms with Gasteiger partial charge in [-0.15, -0.1) is 0 Å². The SMILES string of the molecule is CC(C)(C)OC(=O)CC1(O)CCN(c2cccc3c2C(=O)N(C2CCC(=O)NC2=O)C3=O)CC1. The predicted octanol–water partition coefficient (Wildman–Crippen LogP) is 1.15. The van der Waals surface area contributed by atoms with Gasteiger partial charge in [-0.25, -0.2) is 0 Å². The van der Waals surface area contributed by atoms with E-state index in [1.165, 1.54) is 0 Å². The third kappa shape index (κ3) is 4.54. The second-order valence-electron chi connectivity index (χ2n) is 10.1. The largest absolute Gasteiger partial charge is 0.460 e. The van der Waals surface area contributed by atoms with Crippen LogP contribution in [0.5, 0.6) is 0 Å². The van der Waals surface area contributed by atoms with Crippen LogP contribution in [-0.2, 0) is 19.1 Å². The molecule has 3 aliphatic rings. The highest BCUT2D eigenvalue weighted by Gasteiger charge is 2.46. The number of benzene rings is 1. The molecule has 10 nitrogen and oxygen atoms in total.